The van der Waals surface area contributed by atoms with Gasteiger partial charge in [0, 0.05) is 5.56 Å². The molecule has 0 amide bonds. The third-order valence-corrected chi connectivity index (χ3v) is 9.29. The van der Waals surface area contributed by atoms with Gasteiger partial charge in [-0.15, -0.1) is 0 Å². The fourth-order valence-corrected chi connectivity index (χ4v) is 7.09. The van der Waals surface area contributed by atoms with E-state index in [4.69, 9.17) is 0 Å². The first-order valence-electron chi connectivity index (χ1n) is 14.0. The Kier molecular flexibility index (Phi) is 8.49. The lowest BCUT2D eigenvalue weighted by Crippen LogP contribution is -2.40. The summed E-state index contributed by atoms with van der Waals surface area (Å²) in [6.07, 6.45) is 21.3. The SMILES string of the molecule is CCCCCC1CCC(C2CCC(c3ccc(C(=O)C4(O)CCCCC4)cc3)CC2)CC1. The first kappa shape index (κ1) is 24.0. The molecule has 3 saturated carbocycles. The molecule has 0 saturated heterocycles. The lowest BCUT2D eigenvalue weighted by molar-refractivity contribution is 0.0116. The maximum Gasteiger partial charge on any atom is 0.194 e. The predicted molar refractivity (Wildman–Crippen MR) is 133 cm³/mol. The summed E-state index contributed by atoms with van der Waals surface area (Å²) in [5, 5.41) is 10.8. The Bertz CT molecular complexity index is 699. The van der Waals surface area contributed by atoms with Crippen LogP contribution in [0.1, 0.15) is 138 Å². The van der Waals surface area contributed by atoms with E-state index in [9.17, 15) is 9.90 Å². The number of carbonyl (C=O) groups is 1. The minimum atomic E-state index is -1.12. The van der Waals surface area contributed by atoms with Crippen molar-refractivity contribution in [2.75, 3.05) is 0 Å². The van der Waals surface area contributed by atoms with Gasteiger partial charge >= 0.3 is 0 Å². The molecule has 178 valence electrons. The fourth-order valence-electron chi connectivity index (χ4n) is 7.09. The van der Waals surface area contributed by atoms with Crippen LogP contribution < -0.4 is 0 Å². The number of rotatable bonds is 8. The maximum absolute atomic E-state index is 12.9. The molecular formula is C30H46O2. The average Bonchev–Trinajstić information content (AvgIpc) is 2.85. The van der Waals surface area contributed by atoms with E-state index < -0.39 is 5.60 Å². The molecule has 1 aromatic rings. The molecule has 1 N–H and O–H groups in total. The van der Waals surface area contributed by atoms with Gasteiger partial charge in [0.15, 0.2) is 5.78 Å². The highest BCUT2D eigenvalue weighted by atomic mass is 16.3. The van der Waals surface area contributed by atoms with Crippen molar-refractivity contribution in [1.29, 1.82) is 0 Å². The van der Waals surface area contributed by atoms with E-state index in [1.165, 1.54) is 82.6 Å². The topological polar surface area (TPSA) is 37.3 Å². The van der Waals surface area contributed by atoms with Gasteiger partial charge in [0.05, 0.1) is 0 Å². The zero-order chi connectivity index (χ0) is 22.4. The molecule has 3 aliphatic rings. The molecule has 0 bridgehead atoms. The average molecular weight is 439 g/mol. The van der Waals surface area contributed by atoms with Crippen LogP contribution in [-0.2, 0) is 0 Å². The van der Waals surface area contributed by atoms with Crippen LogP contribution in [0.25, 0.3) is 0 Å². The molecule has 0 spiro atoms. The molecule has 0 atom stereocenters. The van der Waals surface area contributed by atoms with Gasteiger partial charge in [0.1, 0.15) is 5.60 Å². The van der Waals surface area contributed by atoms with Crippen molar-refractivity contribution in [3.05, 3.63) is 35.4 Å². The number of carbonyl (C=O) groups excluding carboxylic acids is 1. The van der Waals surface area contributed by atoms with Crippen molar-refractivity contribution in [3.8, 4) is 0 Å². The number of benzene rings is 1. The number of ketones is 1. The molecule has 0 unspecified atom stereocenters. The minimum absolute atomic E-state index is 0.0576. The molecule has 0 radical (unpaired) electrons. The second kappa shape index (κ2) is 11.3. The van der Waals surface area contributed by atoms with Gasteiger partial charge in [-0.25, -0.2) is 0 Å². The number of Topliss-reactive ketones (excluding diaryl/α,β-unsaturated/α-hetero) is 1. The van der Waals surface area contributed by atoms with Crippen LogP contribution in [0.15, 0.2) is 24.3 Å². The molecule has 3 aliphatic carbocycles. The molecule has 0 aromatic heterocycles. The van der Waals surface area contributed by atoms with E-state index in [1.54, 1.807) is 0 Å². The summed E-state index contributed by atoms with van der Waals surface area (Å²) in [5.41, 5.74) is 0.977. The van der Waals surface area contributed by atoms with Crippen molar-refractivity contribution in [2.45, 2.75) is 128 Å². The normalized spacial score (nSPS) is 30.7. The largest absolute Gasteiger partial charge is 0.382 e. The minimum Gasteiger partial charge on any atom is -0.382 e. The summed E-state index contributed by atoms with van der Waals surface area (Å²) < 4.78 is 0. The second-order valence-corrected chi connectivity index (χ2v) is 11.4. The van der Waals surface area contributed by atoms with Crippen LogP contribution in [0.4, 0.5) is 0 Å². The third-order valence-electron chi connectivity index (χ3n) is 9.29. The summed E-state index contributed by atoms with van der Waals surface area (Å²) in [4.78, 5) is 12.9. The smallest absolute Gasteiger partial charge is 0.194 e. The van der Waals surface area contributed by atoms with Crippen molar-refractivity contribution < 1.29 is 9.90 Å². The van der Waals surface area contributed by atoms with Crippen molar-refractivity contribution in [3.63, 3.8) is 0 Å². The predicted octanol–water partition coefficient (Wildman–Crippen LogP) is 8.23. The van der Waals surface area contributed by atoms with Crippen LogP contribution in [0, 0.1) is 17.8 Å². The number of hydrogen-bond acceptors (Lipinski definition) is 2. The van der Waals surface area contributed by atoms with Crippen LogP contribution in [-0.4, -0.2) is 16.5 Å². The number of unbranched alkanes of at least 4 members (excludes halogenated alkanes) is 2. The van der Waals surface area contributed by atoms with E-state index in [0.717, 1.165) is 37.0 Å². The molecule has 4 rings (SSSR count). The maximum atomic E-state index is 12.9. The standard InChI is InChI=1S/C30H46O2/c1-2-3-5-8-23-9-11-24(12-10-23)25-13-15-26(16-14-25)27-17-19-28(20-18-27)29(31)30(32)21-6-4-7-22-30/h17-20,23-26,32H,2-16,21-22H2,1H3. The molecule has 0 aliphatic heterocycles. The number of aliphatic hydroxyl groups is 1. The highest BCUT2D eigenvalue weighted by molar-refractivity contribution is 6.02. The van der Waals surface area contributed by atoms with Crippen molar-refractivity contribution in [2.24, 2.45) is 17.8 Å². The highest BCUT2D eigenvalue weighted by Crippen LogP contribution is 2.44. The van der Waals surface area contributed by atoms with Crippen LogP contribution in [0.2, 0.25) is 0 Å². The molecule has 2 heteroatoms. The first-order chi connectivity index (χ1) is 15.6. The van der Waals surface area contributed by atoms with Crippen molar-refractivity contribution in [1.82, 2.24) is 0 Å². The highest BCUT2D eigenvalue weighted by Gasteiger charge is 2.37. The Balaban J connectivity index is 1.24. The van der Waals surface area contributed by atoms with Gasteiger partial charge in [0.2, 0.25) is 0 Å². The van der Waals surface area contributed by atoms with E-state index in [-0.39, 0.29) is 5.78 Å². The Morgan fingerprint density at radius 2 is 1.44 bits per heavy atom. The van der Waals surface area contributed by atoms with Gasteiger partial charge in [-0.2, -0.15) is 0 Å². The molecule has 32 heavy (non-hydrogen) atoms. The Morgan fingerprint density at radius 1 is 0.844 bits per heavy atom. The van der Waals surface area contributed by atoms with Gasteiger partial charge in [-0.1, -0.05) is 89.0 Å². The third kappa shape index (κ3) is 5.85. The van der Waals surface area contributed by atoms with Gasteiger partial charge < -0.3 is 5.11 Å². The van der Waals surface area contributed by atoms with Crippen LogP contribution in [0.5, 0.6) is 0 Å². The molecule has 3 fully saturated rings. The Morgan fingerprint density at radius 3 is 2.03 bits per heavy atom. The van der Waals surface area contributed by atoms with Gasteiger partial charge in [0.25, 0.3) is 0 Å². The molecular weight excluding hydrogens is 392 g/mol. The van der Waals surface area contributed by atoms with Crippen LogP contribution in [0.3, 0.4) is 0 Å². The summed E-state index contributed by atoms with van der Waals surface area (Å²) in [5.74, 6) is 3.54. The van der Waals surface area contributed by atoms with Crippen LogP contribution >= 0.6 is 0 Å². The second-order valence-electron chi connectivity index (χ2n) is 11.4. The molecule has 0 heterocycles. The van der Waals surface area contributed by atoms with E-state index >= 15 is 0 Å². The van der Waals surface area contributed by atoms with Gasteiger partial charge in [-0.05, 0) is 80.6 Å². The summed E-state index contributed by atoms with van der Waals surface area (Å²) in [6, 6.07) is 8.31. The first-order valence-corrected chi connectivity index (χ1v) is 14.0. The molecule has 2 nitrogen and oxygen atoms in total. The monoisotopic (exact) mass is 438 g/mol. The summed E-state index contributed by atoms with van der Waals surface area (Å²) >= 11 is 0. The van der Waals surface area contributed by atoms with E-state index in [1.807, 2.05) is 12.1 Å². The van der Waals surface area contributed by atoms with Gasteiger partial charge in [-0.3, -0.25) is 4.79 Å². The summed E-state index contributed by atoms with van der Waals surface area (Å²) in [6.45, 7) is 2.31. The van der Waals surface area contributed by atoms with E-state index in [0.29, 0.717) is 24.3 Å². The lowest BCUT2D eigenvalue weighted by atomic mass is 9.68. The number of hydrogen-bond donors (Lipinski definition) is 1. The molecule has 1 aromatic carbocycles. The quantitative estimate of drug-likeness (QED) is 0.328. The lowest BCUT2D eigenvalue weighted by Gasteiger charge is -2.38. The summed E-state index contributed by atoms with van der Waals surface area (Å²) in [7, 11) is 0. The Labute approximate surface area is 196 Å². The van der Waals surface area contributed by atoms with E-state index in [2.05, 4.69) is 19.1 Å². The zero-order valence-electron chi connectivity index (χ0n) is 20.5. The van der Waals surface area contributed by atoms with Crippen molar-refractivity contribution >= 4 is 5.78 Å². The Hall–Kier alpha value is -1.15. The zero-order valence-corrected chi connectivity index (χ0v) is 20.5. The fraction of sp³-hybridized carbons (Fsp3) is 0.767.